The predicted molar refractivity (Wildman–Crippen MR) is 41.4 cm³/mol. The molecule has 0 saturated heterocycles. The Morgan fingerprint density at radius 1 is 1.00 bits per heavy atom. The highest BCUT2D eigenvalue weighted by Gasteiger charge is 2.74. The number of alkyl halides is 7. The molecule has 16 heavy (non-hydrogen) atoms. The highest BCUT2D eigenvalue weighted by atomic mass is 32.1. The Bertz CT molecular complexity index is 365. The first-order valence-electron chi connectivity index (χ1n) is 3.54. The Morgan fingerprint density at radius 2 is 1.44 bits per heavy atom. The summed E-state index contributed by atoms with van der Waals surface area (Å²) in [6.07, 6.45) is -12.3. The molecule has 0 aliphatic rings. The van der Waals surface area contributed by atoms with E-state index < -0.39 is 28.8 Å². The number of aromatic nitrogens is 1. The van der Waals surface area contributed by atoms with Crippen molar-refractivity contribution in [3.8, 4) is 0 Å². The van der Waals surface area contributed by atoms with Crippen molar-refractivity contribution in [2.75, 3.05) is 5.73 Å². The van der Waals surface area contributed by atoms with Crippen molar-refractivity contribution >= 4 is 16.5 Å². The lowest BCUT2D eigenvalue weighted by atomic mass is 10.0. The topological polar surface area (TPSA) is 38.9 Å². The van der Waals surface area contributed by atoms with Crippen LogP contribution in [-0.4, -0.2) is 17.3 Å². The number of nitrogens with zero attached hydrogens (tertiary/aromatic N) is 1. The van der Waals surface area contributed by atoms with Crippen LogP contribution < -0.4 is 5.73 Å². The molecule has 0 bridgehead atoms. The van der Waals surface area contributed by atoms with Crippen LogP contribution in [0.15, 0.2) is 5.38 Å². The highest BCUT2D eigenvalue weighted by molar-refractivity contribution is 7.13. The Morgan fingerprint density at radius 3 is 1.69 bits per heavy atom. The molecule has 0 fully saturated rings. The molecule has 0 amide bonds. The van der Waals surface area contributed by atoms with Gasteiger partial charge in [0, 0.05) is 5.38 Å². The number of thiazole rings is 1. The molecule has 0 unspecified atom stereocenters. The predicted octanol–water partition coefficient (Wildman–Crippen LogP) is 3.01. The van der Waals surface area contributed by atoms with Gasteiger partial charge in [-0.1, -0.05) is 0 Å². The molecule has 0 spiro atoms. The van der Waals surface area contributed by atoms with Crippen LogP contribution >= 0.6 is 11.3 Å². The van der Waals surface area contributed by atoms with E-state index in [-0.39, 0.29) is 5.38 Å². The SMILES string of the molecule is Nc1nc(C(F)(C(F)(F)F)C(F)(F)F)cs1. The van der Waals surface area contributed by atoms with E-state index in [9.17, 15) is 30.7 Å². The third-order valence-electron chi connectivity index (χ3n) is 1.66. The quantitative estimate of drug-likeness (QED) is 0.795. The first-order chi connectivity index (χ1) is 7.00. The van der Waals surface area contributed by atoms with Crippen LogP contribution in [-0.2, 0) is 5.67 Å². The molecule has 1 rings (SSSR count). The van der Waals surface area contributed by atoms with E-state index in [4.69, 9.17) is 5.73 Å². The zero-order valence-electron chi connectivity index (χ0n) is 7.16. The average molecular weight is 268 g/mol. The van der Waals surface area contributed by atoms with E-state index in [1.54, 1.807) is 0 Å². The molecule has 1 heterocycles. The zero-order valence-corrected chi connectivity index (χ0v) is 7.97. The van der Waals surface area contributed by atoms with Crippen LogP contribution in [0.1, 0.15) is 5.69 Å². The second-order valence-electron chi connectivity index (χ2n) is 2.72. The van der Waals surface area contributed by atoms with E-state index >= 15 is 0 Å². The third-order valence-corrected chi connectivity index (χ3v) is 2.33. The number of nitrogen functional groups attached to an aromatic ring is 1. The summed E-state index contributed by atoms with van der Waals surface area (Å²) >= 11 is 0.290. The van der Waals surface area contributed by atoms with Gasteiger partial charge in [-0.3, -0.25) is 0 Å². The van der Waals surface area contributed by atoms with Crippen LogP contribution in [0.4, 0.5) is 35.9 Å². The fourth-order valence-corrected chi connectivity index (χ4v) is 1.50. The molecule has 1 aromatic rings. The van der Waals surface area contributed by atoms with Crippen LogP contribution in [0.3, 0.4) is 0 Å². The molecule has 0 aromatic carbocycles. The molecule has 2 N–H and O–H groups in total. The lowest BCUT2D eigenvalue weighted by molar-refractivity contribution is -0.349. The summed E-state index contributed by atoms with van der Waals surface area (Å²) in [7, 11) is 0. The van der Waals surface area contributed by atoms with Gasteiger partial charge >= 0.3 is 18.0 Å². The van der Waals surface area contributed by atoms with Crippen LogP contribution in [0.25, 0.3) is 0 Å². The van der Waals surface area contributed by atoms with Gasteiger partial charge in [0.05, 0.1) is 0 Å². The second kappa shape index (κ2) is 3.47. The Balaban J connectivity index is 3.38. The Hall–Kier alpha value is -1.06. The van der Waals surface area contributed by atoms with Gasteiger partial charge in [-0.15, -0.1) is 11.3 Å². The largest absolute Gasteiger partial charge is 0.437 e. The minimum atomic E-state index is -6.15. The van der Waals surface area contributed by atoms with E-state index in [1.165, 1.54) is 0 Å². The highest BCUT2D eigenvalue weighted by Crippen LogP contribution is 2.53. The van der Waals surface area contributed by atoms with E-state index in [0.29, 0.717) is 11.3 Å². The summed E-state index contributed by atoms with van der Waals surface area (Å²) in [6.45, 7) is 0. The number of anilines is 1. The molecule has 0 atom stereocenters. The van der Waals surface area contributed by atoms with Gasteiger partial charge in [-0.25, -0.2) is 9.37 Å². The van der Waals surface area contributed by atoms with Gasteiger partial charge < -0.3 is 5.73 Å². The van der Waals surface area contributed by atoms with Crippen molar-refractivity contribution in [2.24, 2.45) is 0 Å². The lowest BCUT2D eigenvalue weighted by Gasteiger charge is -2.28. The third kappa shape index (κ3) is 1.81. The summed E-state index contributed by atoms with van der Waals surface area (Å²) in [5.74, 6) is 0. The summed E-state index contributed by atoms with van der Waals surface area (Å²) < 4.78 is 85.9. The van der Waals surface area contributed by atoms with Gasteiger partial charge in [0.15, 0.2) is 5.13 Å². The van der Waals surface area contributed by atoms with E-state index in [0.717, 1.165) is 0 Å². The molecular formula is C6H3F7N2S. The summed E-state index contributed by atoms with van der Waals surface area (Å²) in [6, 6.07) is 0. The molecular weight excluding hydrogens is 265 g/mol. The van der Waals surface area contributed by atoms with Gasteiger partial charge in [0.1, 0.15) is 5.69 Å². The standard InChI is InChI=1S/C6H3F7N2S/c7-4(5(8,9)10,6(11,12)13)2-1-16-3(14)15-2/h1H,(H2,14,15). The monoisotopic (exact) mass is 268 g/mol. The molecule has 0 aliphatic carbocycles. The van der Waals surface area contributed by atoms with Crippen molar-refractivity contribution in [1.29, 1.82) is 0 Å². The van der Waals surface area contributed by atoms with Gasteiger partial charge in [0.25, 0.3) is 0 Å². The maximum Gasteiger partial charge on any atom is 0.437 e. The first kappa shape index (κ1) is 13.0. The molecule has 0 radical (unpaired) electrons. The van der Waals surface area contributed by atoms with E-state index in [2.05, 4.69) is 4.98 Å². The Kier molecular flexibility index (Phi) is 2.82. The minimum Gasteiger partial charge on any atom is -0.375 e. The molecule has 0 saturated carbocycles. The van der Waals surface area contributed by atoms with Gasteiger partial charge in [-0.2, -0.15) is 26.3 Å². The number of hydrogen-bond donors (Lipinski definition) is 1. The fraction of sp³-hybridized carbons (Fsp3) is 0.500. The number of nitrogens with two attached hydrogens (primary N) is 1. The normalized spacial score (nSPS) is 14.2. The first-order valence-corrected chi connectivity index (χ1v) is 4.42. The van der Waals surface area contributed by atoms with Crippen LogP contribution in [0, 0.1) is 0 Å². The van der Waals surface area contributed by atoms with Crippen molar-refractivity contribution in [3.63, 3.8) is 0 Å². The van der Waals surface area contributed by atoms with E-state index in [1.807, 2.05) is 0 Å². The number of rotatable bonds is 1. The van der Waals surface area contributed by atoms with Crippen molar-refractivity contribution in [2.45, 2.75) is 18.0 Å². The molecule has 92 valence electrons. The second-order valence-corrected chi connectivity index (χ2v) is 3.61. The molecule has 0 aliphatic heterocycles. The number of hydrogen-bond acceptors (Lipinski definition) is 3. The molecule has 10 heteroatoms. The van der Waals surface area contributed by atoms with Crippen molar-refractivity contribution in [3.05, 3.63) is 11.1 Å². The van der Waals surface area contributed by atoms with Crippen LogP contribution in [0.2, 0.25) is 0 Å². The van der Waals surface area contributed by atoms with Gasteiger partial charge in [-0.05, 0) is 0 Å². The summed E-state index contributed by atoms with van der Waals surface area (Å²) in [5, 5.41) is -0.290. The number of halogens is 7. The lowest BCUT2D eigenvalue weighted by Crippen LogP contribution is -2.50. The Labute approximate surface area is 87.9 Å². The molecule has 2 nitrogen and oxygen atoms in total. The van der Waals surface area contributed by atoms with Crippen LogP contribution in [0.5, 0.6) is 0 Å². The van der Waals surface area contributed by atoms with Gasteiger partial charge in [0.2, 0.25) is 0 Å². The minimum absolute atomic E-state index is 0.288. The maximum atomic E-state index is 13.2. The maximum absolute atomic E-state index is 13.2. The average Bonchev–Trinajstić information content (AvgIpc) is 2.46. The fourth-order valence-electron chi connectivity index (χ4n) is 0.897. The van der Waals surface area contributed by atoms with Crippen molar-refractivity contribution in [1.82, 2.24) is 4.98 Å². The summed E-state index contributed by atoms with van der Waals surface area (Å²) in [5.41, 5.74) is -2.42. The zero-order chi connectivity index (χ0) is 12.8. The van der Waals surface area contributed by atoms with Crippen molar-refractivity contribution < 1.29 is 30.7 Å². The molecule has 1 aromatic heterocycles. The smallest absolute Gasteiger partial charge is 0.375 e. The summed E-state index contributed by atoms with van der Waals surface area (Å²) in [4.78, 5) is 2.70.